The third-order valence-corrected chi connectivity index (χ3v) is 3.37. The Kier molecular flexibility index (Phi) is 3.29. The van der Waals surface area contributed by atoms with Crippen LogP contribution < -0.4 is 16.2 Å². The molecule has 1 aromatic rings. The summed E-state index contributed by atoms with van der Waals surface area (Å²) < 4.78 is 0. The third-order valence-electron chi connectivity index (χ3n) is 3.37. The molecule has 1 saturated heterocycles. The van der Waals surface area contributed by atoms with Crippen molar-refractivity contribution in [1.29, 1.82) is 0 Å². The number of nitrogen functional groups attached to an aromatic ring is 1. The number of rotatable bonds is 2. The van der Waals surface area contributed by atoms with Crippen molar-refractivity contribution in [3.63, 3.8) is 0 Å². The molecule has 0 aromatic carbocycles. The minimum Gasteiger partial charge on any atom is -0.351 e. The largest absolute Gasteiger partial charge is 0.351 e. The first-order valence-corrected chi connectivity index (χ1v) is 5.93. The molecule has 1 aliphatic heterocycles. The van der Waals surface area contributed by atoms with Crippen molar-refractivity contribution in [2.75, 3.05) is 10.3 Å². The number of nitrogens with zero attached hydrogens (tertiary/aromatic N) is 2. The van der Waals surface area contributed by atoms with Gasteiger partial charge in [0, 0.05) is 12.1 Å². The van der Waals surface area contributed by atoms with Gasteiger partial charge in [-0.3, -0.25) is 5.84 Å². The average molecular weight is 220 g/mol. The Morgan fingerprint density at radius 2 is 2.00 bits per heavy atom. The van der Waals surface area contributed by atoms with Gasteiger partial charge in [0.2, 0.25) is 0 Å². The maximum Gasteiger partial charge on any atom is 0.129 e. The fourth-order valence-corrected chi connectivity index (χ4v) is 2.50. The Morgan fingerprint density at radius 3 is 2.50 bits per heavy atom. The van der Waals surface area contributed by atoms with E-state index in [-0.39, 0.29) is 0 Å². The van der Waals surface area contributed by atoms with Gasteiger partial charge < -0.3 is 10.3 Å². The summed E-state index contributed by atoms with van der Waals surface area (Å²) in [5, 5.41) is 0. The molecule has 88 valence electrons. The molecule has 1 aliphatic rings. The topological polar surface area (TPSA) is 54.2 Å². The second kappa shape index (κ2) is 4.70. The molecule has 0 amide bonds. The molecule has 2 rings (SSSR count). The third kappa shape index (κ3) is 2.11. The molecule has 4 heteroatoms. The van der Waals surface area contributed by atoms with Gasteiger partial charge in [-0.1, -0.05) is 0 Å². The van der Waals surface area contributed by atoms with Crippen LogP contribution in [0.5, 0.6) is 0 Å². The van der Waals surface area contributed by atoms with E-state index in [1.54, 1.807) is 6.20 Å². The number of anilines is 2. The Hall–Kier alpha value is -1.29. The highest BCUT2D eigenvalue weighted by atomic mass is 15.2. The molecule has 0 saturated carbocycles. The number of hydrogen-bond acceptors (Lipinski definition) is 4. The quantitative estimate of drug-likeness (QED) is 0.592. The molecule has 4 nitrogen and oxygen atoms in total. The molecular weight excluding hydrogens is 200 g/mol. The summed E-state index contributed by atoms with van der Waals surface area (Å²) in [4.78, 5) is 6.86. The minimum absolute atomic E-state index is 0.577. The minimum atomic E-state index is 0.577. The van der Waals surface area contributed by atoms with Crippen LogP contribution in [0.15, 0.2) is 18.3 Å². The van der Waals surface area contributed by atoms with Crippen molar-refractivity contribution in [2.45, 2.75) is 45.2 Å². The van der Waals surface area contributed by atoms with Crippen LogP contribution in [0, 0.1) is 0 Å². The molecule has 0 radical (unpaired) electrons. The van der Waals surface area contributed by atoms with Crippen molar-refractivity contribution in [1.82, 2.24) is 4.98 Å². The molecule has 0 spiro atoms. The highest BCUT2D eigenvalue weighted by Crippen LogP contribution is 2.27. The number of aromatic nitrogens is 1. The summed E-state index contributed by atoms with van der Waals surface area (Å²) >= 11 is 0. The lowest BCUT2D eigenvalue weighted by Crippen LogP contribution is -2.44. The molecule has 2 atom stereocenters. The van der Waals surface area contributed by atoms with E-state index >= 15 is 0 Å². The highest BCUT2D eigenvalue weighted by Gasteiger charge is 2.25. The van der Waals surface area contributed by atoms with Gasteiger partial charge in [-0.15, -0.1) is 0 Å². The second-order valence-electron chi connectivity index (χ2n) is 4.59. The summed E-state index contributed by atoms with van der Waals surface area (Å²) in [6, 6.07) is 5.16. The van der Waals surface area contributed by atoms with Crippen LogP contribution >= 0.6 is 0 Å². The number of nitrogens with one attached hydrogen (secondary N) is 1. The molecule has 1 aromatic heterocycles. The van der Waals surface area contributed by atoms with Gasteiger partial charge in [-0.25, -0.2) is 4.98 Å². The summed E-state index contributed by atoms with van der Waals surface area (Å²) in [6.45, 7) is 4.54. The van der Waals surface area contributed by atoms with E-state index in [9.17, 15) is 0 Å². The first kappa shape index (κ1) is 11.2. The van der Waals surface area contributed by atoms with Crippen LogP contribution in [0.2, 0.25) is 0 Å². The second-order valence-corrected chi connectivity index (χ2v) is 4.59. The lowest BCUT2D eigenvalue weighted by molar-refractivity contribution is 0.411. The Labute approximate surface area is 96.8 Å². The number of piperidine rings is 1. The Balaban J connectivity index is 2.20. The van der Waals surface area contributed by atoms with Crippen molar-refractivity contribution in [3.05, 3.63) is 18.3 Å². The molecule has 0 bridgehead atoms. The van der Waals surface area contributed by atoms with Gasteiger partial charge in [0.15, 0.2) is 0 Å². The summed E-state index contributed by atoms with van der Waals surface area (Å²) in [7, 11) is 0. The van der Waals surface area contributed by atoms with Crippen molar-refractivity contribution >= 4 is 11.5 Å². The first-order valence-electron chi connectivity index (χ1n) is 5.93. The predicted octanol–water partition coefficient (Wildman–Crippen LogP) is 2.13. The van der Waals surface area contributed by atoms with Gasteiger partial charge in [-0.2, -0.15) is 0 Å². The van der Waals surface area contributed by atoms with Gasteiger partial charge in [0.1, 0.15) is 5.82 Å². The normalized spacial score (nSPS) is 25.6. The SMILES string of the molecule is CC1CCCC(C)N1c1ccc(NN)cn1. The van der Waals surface area contributed by atoms with Gasteiger partial charge >= 0.3 is 0 Å². The van der Waals surface area contributed by atoms with E-state index in [0.717, 1.165) is 11.5 Å². The van der Waals surface area contributed by atoms with Gasteiger partial charge in [0.25, 0.3) is 0 Å². The zero-order valence-corrected chi connectivity index (χ0v) is 9.98. The zero-order valence-electron chi connectivity index (χ0n) is 9.98. The van der Waals surface area contributed by atoms with Crippen LogP contribution in [-0.2, 0) is 0 Å². The summed E-state index contributed by atoms with van der Waals surface area (Å²) in [6.07, 6.45) is 5.61. The Morgan fingerprint density at radius 1 is 1.31 bits per heavy atom. The maximum atomic E-state index is 5.33. The summed E-state index contributed by atoms with van der Waals surface area (Å²) in [5.41, 5.74) is 3.45. The molecule has 2 unspecified atom stereocenters. The van der Waals surface area contributed by atoms with E-state index in [2.05, 4.69) is 29.2 Å². The zero-order chi connectivity index (χ0) is 11.5. The van der Waals surface area contributed by atoms with Crippen LogP contribution in [-0.4, -0.2) is 17.1 Å². The number of hydrazine groups is 1. The fraction of sp³-hybridized carbons (Fsp3) is 0.583. The van der Waals surface area contributed by atoms with Crippen molar-refractivity contribution in [3.8, 4) is 0 Å². The van der Waals surface area contributed by atoms with E-state index in [1.807, 2.05) is 12.1 Å². The van der Waals surface area contributed by atoms with E-state index in [1.165, 1.54) is 19.3 Å². The standard InChI is InChI=1S/C12H20N4/c1-9-4-3-5-10(2)16(9)12-7-6-11(15-13)8-14-12/h6-10,15H,3-5,13H2,1-2H3. The van der Waals surface area contributed by atoms with Gasteiger partial charge in [-0.05, 0) is 45.2 Å². The molecule has 0 aliphatic carbocycles. The summed E-state index contributed by atoms with van der Waals surface area (Å²) in [5.74, 6) is 6.38. The maximum absolute atomic E-state index is 5.33. The number of hydrogen-bond donors (Lipinski definition) is 2. The predicted molar refractivity (Wildman–Crippen MR) is 67.3 cm³/mol. The molecule has 16 heavy (non-hydrogen) atoms. The monoisotopic (exact) mass is 220 g/mol. The Bertz CT molecular complexity index is 325. The first-order chi connectivity index (χ1) is 7.72. The van der Waals surface area contributed by atoms with E-state index in [4.69, 9.17) is 5.84 Å². The number of nitrogens with two attached hydrogens (primary N) is 1. The molecular formula is C12H20N4. The van der Waals surface area contributed by atoms with Crippen LogP contribution in [0.4, 0.5) is 11.5 Å². The fourth-order valence-electron chi connectivity index (χ4n) is 2.50. The number of pyridine rings is 1. The lowest BCUT2D eigenvalue weighted by Gasteiger charge is -2.40. The molecule has 3 N–H and O–H groups in total. The van der Waals surface area contributed by atoms with E-state index in [0.29, 0.717) is 12.1 Å². The smallest absolute Gasteiger partial charge is 0.129 e. The highest BCUT2D eigenvalue weighted by molar-refractivity contribution is 5.49. The van der Waals surface area contributed by atoms with E-state index < -0.39 is 0 Å². The van der Waals surface area contributed by atoms with Crippen LogP contribution in [0.1, 0.15) is 33.1 Å². The molecule has 1 fully saturated rings. The lowest BCUT2D eigenvalue weighted by atomic mass is 9.97. The van der Waals surface area contributed by atoms with Crippen LogP contribution in [0.25, 0.3) is 0 Å². The molecule has 2 heterocycles. The van der Waals surface area contributed by atoms with Crippen molar-refractivity contribution in [2.24, 2.45) is 5.84 Å². The van der Waals surface area contributed by atoms with Crippen molar-refractivity contribution < 1.29 is 0 Å². The average Bonchev–Trinajstić information content (AvgIpc) is 2.30. The van der Waals surface area contributed by atoms with Crippen LogP contribution in [0.3, 0.4) is 0 Å². The van der Waals surface area contributed by atoms with Gasteiger partial charge in [0.05, 0.1) is 11.9 Å².